The Morgan fingerprint density at radius 1 is 1.39 bits per heavy atom. The van der Waals surface area contributed by atoms with E-state index in [0.29, 0.717) is 10.7 Å². The highest BCUT2D eigenvalue weighted by molar-refractivity contribution is 9.10. The summed E-state index contributed by atoms with van der Waals surface area (Å²) in [7, 11) is 1.82. The van der Waals surface area contributed by atoms with Crippen molar-refractivity contribution in [2.75, 3.05) is 5.32 Å². The lowest BCUT2D eigenvalue weighted by atomic mass is 10.0. The molecule has 0 aliphatic rings. The molecule has 0 aliphatic heterocycles. The van der Waals surface area contributed by atoms with Crippen LogP contribution < -0.4 is 5.32 Å². The molecule has 1 aromatic heterocycles. The van der Waals surface area contributed by atoms with E-state index in [1.807, 2.05) is 7.05 Å². The summed E-state index contributed by atoms with van der Waals surface area (Å²) in [6.07, 6.45) is 0.871. The molecule has 1 N–H and O–H groups in total. The van der Waals surface area contributed by atoms with Gasteiger partial charge in [0, 0.05) is 7.05 Å². The molecule has 0 saturated heterocycles. The lowest BCUT2D eigenvalue weighted by Crippen LogP contribution is -2.13. The molecule has 6 heteroatoms. The van der Waals surface area contributed by atoms with E-state index in [9.17, 15) is 4.39 Å². The molecule has 0 bridgehead atoms. The summed E-state index contributed by atoms with van der Waals surface area (Å²) in [5.41, 5.74) is 1.03. The molecule has 1 aromatic carbocycles. The fourth-order valence-electron chi connectivity index (χ4n) is 1.75. The van der Waals surface area contributed by atoms with Gasteiger partial charge in [0.15, 0.2) is 0 Å². The van der Waals surface area contributed by atoms with Gasteiger partial charge >= 0.3 is 0 Å². The van der Waals surface area contributed by atoms with Crippen LogP contribution >= 0.6 is 15.9 Å². The van der Waals surface area contributed by atoms with Crippen LogP contribution in [0.5, 0.6) is 0 Å². The Hall–Kier alpha value is -1.43. The summed E-state index contributed by atoms with van der Waals surface area (Å²) in [5, 5.41) is 7.40. The average Bonchev–Trinajstić information content (AvgIpc) is 2.66. The summed E-state index contributed by atoms with van der Waals surface area (Å²) in [5.74, 6) is 0.452. The van der Waals surface area contributed by atoms with E-state index in [1.54, 1.807) is 16.8 Å². The summed E-state index contributed by atoms with van der Waals surface area (Å²) >= 11 is 3.23. The predicted molar refractivity (Wildman–Crippen MR) is 71.8 cm³/mol. The first-order valence-corrected chi connectivity index (χ1v) is 6.48. The highest BCUT2D eigenvalue weighted by atomic mass is 79.9. The quantitative estimate of drug-likeness (QED) is 0.942. The standard InChI is InChI=1S/C12H14BrFN4/c1-3-10(8-4-6-9(14)7-5-8)15-12-16-11(13)17-18(12)2/h4-7,10H,3H2,1-2H3,(H,15,16,17)/t10-/m0/s1. The van der Waals surface area contributed by atoms with E-state index < -0.39 is 0 Å². The minimum atomic E-state index is -0.227. The van der Waals surface area contributed by atoms with Crippen molar-refractivity contribution in [2.45, 2.75) is 19.4 Å². The lowest BCUT2D eigenvalue weighted by molar-refractivity contribution is 0.624. The number of hydrogen-bond acceptors (Lipinski definition) is 3. The zero-order valence-corrected chi connectivity index (χ0v) is 11.8. The van der Waals surface area contributed by atoms with Gasteiger partial charge in [-0.05, 0) is 40.0 Å². The van der Waals surface area contributed by atoms with E-state index >= 15 is 0 Å². The Bertz CT molecular complexity index is 523. The van der Waals surface area contributed by atoms with E-state index in [1.165, 1.54) is 12.1 Å². The molecule has 0 unspecified atom stereocenters. The lowest BCUT2D eigenvalue weighted by Gasteiger charge is -2.17. The van der Waals surface area contributed by atoms with Crippen LogP contribution in [-0.2, 0) is 7.05 Å². The van der Waals surface area contributed by atoms with Crippen LogP contribution in [-0.4, -0.2) is 14.8 Å². The molecule has 96 valence electrons. The van der Waals surface area contributed by atoms with E-state index in [-0.39, 0.29) is 11.9 Å². The molecule has 0 aliphatic carbocycles. The summed E-state index contributed by atoms with van der Waals surface area (Å²) < 4.78 is 15.1. The third kappa shape index (κ3) is 2.87. The second kappa shape index (κ2) is 5.48. The second-order valence-corrected chi connectivity index (χ2v) is 4.69. The van der Waals surface area contributed by atoms with Crippen molar-refractivity contribution < 1.29 is 4.39 Å². The van der Waals surface area contributed by atoms with Gasteiger partial charge < -0.3 is 5.32 Å². The number of rotatable bonds is 4. The topological polar surface area (TPSA) is 42.7 Å². The second-order valence-electron chi connectivity index (χ2n) is 3.98. The minimum absolute atomic E-state index is 0.0837. The fraction of sp³-hybridized carbons (Fsp3) is 0.333. The predicted octanol–water partition coefficient (Wildman–Crippen LogP) is 3.28. The van der Waals surface area contributed by atoms with Crippen LogP contribution in [0.25, 0.3) is 0 Å². The number of aromatic nitrogens is 3. The van der Waals surface area contributed by atoms with Gasteiger partial charge in [-0.2, -0.15) is 4.98 Å². The Kier molecular flexibility index (Phi) is 3.96. The van der Waals surface area contributed by atoms with Crippen LogP contribution in [0.3, 0.4) is 0 Å². The molecule has 2 aromatic rings. The monoisotopic (exact) mass is 312 g/mol. The van der Waals surface area contributed by atoms with E-state index in [2.05, 4.69) is 38.3 Å². The molecule has 0 fully saturated rings. The first-order valence-electron chi connectivity index (χ1n) is 5.68. The maximum absolute atomic E-state index is 12.9. The Labute approximate surface area is 113 Å². The van der Waals surface area contributed by atoms with Gasteiger partial charge in [-0.3, -0.25) is 0 Å². The molecular formula is C12H14BrFN4. The number of anilines is 1. The van der Waals surface area contributed by atoms with Crippen molar-refractivity contribution in [1.29, 1.82) is 0 Å². The first-order chi connectivity index (χ1) is 8.60. The Balaban J connectivity index is 2.19. The highest BCUT2D eigenvalue weighted by Crippen LogP contribution is 2.22. The van der Waals surface area contributed by atoms with Gasteiger partial charge in [0.2, 0.25) is 10.7 Å². The van der Waals surface area contributed by atoms with Crippen molar-refractivity contribution in [3.63, 3.8) is 0 Å². The van der Waals surface area contributed by atoms with Crippen LogP contribution in [0, 0.1) is 5.82 Å². The molecule has 1 heterocycles. The molecule has 1 atom stereocenters. The van der Waals surface area contributed by atoms with Gasteiger partial charge in [0.25, 0.3) is 0 Å². The summed E-state index contributed by atoms with van der Waals surface area (Å²) in [6.45, 7) is 2.06. The number of halogens is 2. The third-order valence-corrected chi connectivity index (χ3v) is 3.06. The van der Waals surface area contributed by atoms with Gasteiger partial charge in [0.1, 0.15) is 5.82 Å². The Morgan fingerprint density at radius 2 is 2.06 bits per heavy atom. The highest BCUT2D eigenvalue weighted by Gasteiger charge is 2.13. The molecule has 0 saturated carbocycles. The van der Waals surface area contributed by atoms with Gasteiger partial charge in [-0.25, -0.2) is 9.07 Å². The van der Waals surface area contributed by atoms with Gasteiger partial charge in [-0.1, -0.05) is 19.1 Å². The molecule has 2 rings (SSSR count). The fourth-order valence-corrected chi connectivity index (χ4v) is 2.16. The van der Waals surface area contributed by atoms with E-state index in [0.717, 1.165) is 12.0 Å². The van der Waals surface area contributed by atoms with E-state index in [4.69, 9.17) is 0 Å². The molecule has 18 heavy (non-hydrogen) atoms. The van der Waals surface area contributed by atoms with Crippen LogP contribution in [0.1, 0.15) is 24.9 Å². The normalized spacial score (nSPS) is 12.4. The number of nitrogens with one attached hydrogen (secondary N) is 1. The van der Waals surface area contributed by atoms with Crippen LogP contribution in [0.4, 0.5) is 10.3 Å². The molecule has 4 nitrogen and oxygen atoms in total. The Morgan fingerprint density at radius 3 is 2.56 bits per heavy atom. The number of nitrogens with zero attached hydrogens (tertiary/aromatic N) is 3. The van der Waals surface area contributed by atoms with Crippen molar-refractivity contribution in [3.8, 4) is 0 Å². The average molecular weight is 313 g/mol. The number of benzene rings is 1. The van der Waals surface area contributed by atoms with Crippen LogP contribution in [0.2, 0.25) is 0 Å². The molecule has 0 spiro atoms. The number of aryl methyl sites for hydroxylation is 1. The van der Waals surface area contributed by atoms with Crippen molar-refractivity contribution in [1.82, 2.24) is 14.8 Å². The third-order valence-electron chi connectivity index (χ3n) is 2.72. The molecular weight excluding hydrogens is 299 g/mol. The van der Waals surface area contributed by atoms with Gasteiger partial charge in [0.05, 0.1) is 6.04 Å². The zero-order chi connectivity index (χ0) is 13.1. The van der Waals surface area contributed by atoms with Crippen molar-refractivity contribution in [2.24, 2.45) is 7.05 Å². The SMILES string of the molecule is CC[C@H](Nc1nc(Br)nn1C)c1ccc(F)cc1. The summed E-state index contributed by atoms with van der Waals surface area (Å²) in [4.78, 5) is 4.22. The first kappa shape index (κ1) is 13.0. The smallest absolute Gasteiger partial charge is 0.222 e. The van der Waals surface area contributed by atoms with Gasteiger partial charge in [-0.15, -0.1) is 5.10 Å². The van der Waals surface area contributed by atoms with Crippen molar-refractivity contribution in [3.05, 3.63) is 40.4 Å². The van der Waals surface area contributed by atoms with Crippen LogP contribution in [0.15, 0.2) is 29.0 Å². The summed E-state index contributed by atoms with van der Waals surface area (Å²) in [6, 6.07) is 6.57. The minimum Gasteiger partial charge on any atom is -0.348 e. The zero-order valence-electron chi connectivity index (χ0n) is 10.2. The molecule has 0 amide bonds. The largest absolute Gasteiger partial charge is 0.348 e. The van der Waals surface area contributed by atoms with Crippen molar-refractivity contribution >= 4 is 21.9 Å². The maximum atomic E-state index is 12.9. The molecule has 0 radical (unpaired) electrons. The maximum Gasteiger partial charge on any atom is 0.222 e. The number of hydrogen-bond donors (Lipinski definition) is 1.